The lowest BCUT2D eigenvalue weighted by atomic mass is 9.89. The van der Waals surface area contributed by atoms with Crippen LogP contribution in [0.3, 0.4) is 0 Å². The summed E-state index contributed by atoms with van der Waals surface area (Å²) in [4.78, 5) is 21.6. The Morgan fingerprint density at radius 3 is 2.03 bits per heavy atom. The SMILES string of the molecule is C[C@@H](CN1CCC(Cc2ccccc2)CC1)[C@H](O)c1ccc(O)cc1.O=C(O)/C=C\C(=O)O. The molecule has 0 spiro atoms. The second-order valence-electron chi connectivity index (χ2n) is 8.46. The standard InChI is InChI=1S/C22H29NO2.C4H4O4/c1-17(22(25)20-7-9-21(24)10-8-20)16-23-13-11-19(12-14-23)15-18-5-3-2-4-6-18;5-3(6)1-2-4(7)8/h2-10,17,19,22,24-25H,11-16H2,1H3;1-2H,(H,5,6)(H,7,8)/b;2-1-/t17-,22-;/m0./s1. The molecule has 4 N–H and O–H groups in total. The third-order valence-corrected chi connectivity index (χ3v) is 5.76. The van der Waals surface area contributed by atoms with Crippen LogP contribution in [0.2, 0.25) is 0 Å². The molecule has 1 heterocycles. The molecule has 7 heteroatoms. The molecule has 2 atom stereocenters. The van der Waals surface area contributed by atoms with Gasteiger partial charge >= 0.3 is 11.9 Å². The van der Waals surface area contributed by atoms with E-state index in [-0.39, 0.29) is 11.7 Å². The Hall–Kier alpha value is -3.16. The van der Waals surface area contributed by atoms with Crippen molar-refractivity contribution in [1.29, 1.82) is 0 Å². The van der Waals surface area contributed by atoms with E-state index in [0.29, 0.717) is 12.2 Å². The number of rotatable bonds is 8. The van der Waals surface area contributed by atoms with Crippen LogP contribution in [0.1, 0.15) is 37.0 Å². The lowest BCUT2D eigenvalue weighted by Crippen LogP contribution is -2.38. The summed E-state index contributed by atoms with van der Waals surface area (Å²) in [5, 5.41) is 35.6. The maximum atomic E-state index is 10.5. The first kappa shape index (κ1) is 26.1. The summed E-state index contributed by atoms with van der Waals surface area (Å²) >= 11 is 0. The molecule has 0 radical (unpaired) electrons. The number of phenolic OH excluding ortho intramolecular Hbond substituents is 1. The topological polar surface area (TPSA) is 118 Å². The van der Waals surface area contributed by atoms with Crippen molar-refractivity contribution in [3.63, 3.8) is 0 Å². The Labute approximate surface area is 194 Å². The molecule has 0 amide bonds. The number of carboxylic acid groups (broad SMARTS) is 2. The molecule has 178 valence electrons. The van der Waals surface area contributed by atoms with Crippen molar-refractivity contribution in [3.8, 4) is 5.75 Å². The molecule has 7 nitrogen and oxygen atoms in total. The van der Waals surface area contributed by atoms with Gasteiger partial charge in [0, 0.05) is 18.7 Å². The van der Waals surface area contributed by atoms with E-state index in [4.69, 9.17) is 10.2 Å². The molecule has 0 aliphatic carbocycles. The average molecular weight is 456 g/mol. The summed E-state index contributed by atoms with van der Waals surface area (Å²) in [6.07, 6.45) is 4.28. The fraction of sp³-hybridized carbons (Fsp3) is 0.385. The number of hydrogen-bond donors (Lipinski definition) is 4. The van der Waals surface area contributed by atoms with Crippen molar-refractivity contribution < 1.29 is 30.0 Å². The van der Waals surface area contributed by atoms with Gasteiger partial charge < -0.3 is 25.3 Å². The highest BCUT2D eigenvalue weighted by atomic mass is 16.4. The number of aromatic hydroxyl groups is 1. The number of nitrogens with zero attached hydrogens (tertiary/aromatic N) is 1. The fourth-order valence-corrected chi connectivity index (χ4v) is 3.97. The fourth-order valence-electron chi connectivity index (χ4n) is 3.97. The maximum Gasteiger partial charge on any atom is 0.328 e. The zero-order chi connectivity index (χ0) is 24.2. The molecule has 2 aromatic rings. The van der Waals surface area contributed by atoms with Crippen molar-refractivity contribution in [3.05, 3.63) is 77.9 Å². The second-order valence-corrected chi connectivity index (χ2v) is 8.46. The van der Waals surface area contributed by atoms with Gasteiger partial charge in [-0.3, -0.25) is 0 Å². The van der Waals surface area contributed by atoms with Gasteiger partial charge in [-0.25, -0.2) is 9.59 Å². The molecular weight excluding hydrogens is 422 g/mol. The second kappa shape index (κ2) is 13.4. The number of aliphatic carboxylic acids is 2. The zero-order valence-electron chi connectivity index (χ0n) is 18.9. The molecule has 1 aliphatic rings. The van der Waals surface area contributed by atoms with Crippen LogP contribution in [0.5, 0.6) is 5.75 Å². The molecule has 0 saturated carbocycles. The third kappa shape index (κ3) is 9.89. The first-order chi connectivity index (χ1) is 15.7. The Bertz CT molecular complexity index is 873. The van der Waals surface area contributed by atoms with Crippen LogP contribution in [-0.2, 0) is 16.0 Å². The van der Waals surface area contributed by atoms with Crippen molar-refractivity contribution in [2.75, 3.05) is 19.6 Å². The van der Waals surface area contributed by atoms with Crippen LogP contribution in [0.15, 0.2) is 66.7 Å². The molecule has 1 fully saturated rings. The Balaban J connectivity index is 0.000000414. The smallest absolute Gasteiger partial charge is 0.328 e. The number of carboxylic acids is 2. The number of likely N-dealkylation sites (tertiary alicyclic amines) is 1. The van der Waals surface area contributed by atoms with Crippen molar-refractivity contribution in [2.24, 2.45) is 11.8 Å². The van der Waals surface area contributed by atoms with Crippen molar-refractivity contribution >= 4 is 11.9 Å². The predicted molar refractivity (Wildman–Crippen MR) is 126 cm³/mol. The minimum Gasteiger partial charge on any atom is -0.508 e. The molecule has 0 unspecified atom stereocenters. The number of aliphatic hydroxyl groups excluding tert-OH is 1. The molecule has 2 aromatic carbocycles. The Morgan fingerprint density at radius 1 is 0.970 bits per heavy atom. The summed E-state index contributed by atoms with van der Waals surface area (Å²) in [6.45, 7) is 5.25. The number of aliphatic hydroxyl groups is 1. The van der Waals surface area contributed by atoms with E-state index in [1.165, 1.54) is 24.8 Å². The van der Waals surface area contributed by atoms with Crippen LogP contribution in [0, 0.1) is 11.8 Å². The van der Waals surface area contributed by atoms with Gasteiger partial charge in [-0.1, -0.05) is 49.4 Å². The number of benzene rings is 2. The number of piperidine rings is 1. The van der Waals surface area contributed by atoms with Gasteiger partial charge in [0.15, 0.2) is 0 Å². The first-order valence-corrected chi connectivity index (χ1v) is 11.1. The maximum absolute atomic E-state index is 10.5. The lowest BCUT2D eigenvalue weighted by molar-refractivity contribution is -0.134. The minimum atomic E-state index is -1.26. The highest BCUT2D eigenvalue weighted by Gasteiger charge is 2.24. The molecule has 3 rings (SSSR count). The summed E-state index contributed by atoms with van der Waals surface area (Å²) in [5.74, 6) is -1.32. The van der Waals surface area contributed by atoms with E-state index in [1.54, 1.807) is 12.1 Å². The molecule has 1 saturated heterocycles. The van der Waals surface area contributed by atoms with E-state index in [1.807, 2.05) is 12.1 Å². The number of phenols is 1. The lowest BCUT2D eigenvalue weighted by Gasteiger charge is -2.34. The van der Waals surface area contributed by atoms with E-state index >= 15 is 0 Å². The van der Waals surface area contributed by atoms with Crippen LogP contribution >= 0.6 is 0 Å². The van der Waals surface area contributed by atoms with Gasteiger partial charge in [-0.2, -0.15) is 0 Å². The number of carbonyl (C=O) groups is 2. The largest absolute Gasteiger partial charge is 0.508 e. The third-order valence-electron chi connectivity index (χ3n) is 5.76. The van der Waals surface area contributed by atoms with Gasteiger partial charge in [0.25, 0.3) is 0 Å². The van der Waals surface area contributed by atoms with Crippen LogP contribution in [0.25, 0.3) is 0 Å². The highest BCUT2D eigenvalue weighted by Crippen LogP contribution is 2.27. The van der Waals surface area contributed by atoms with Gasteiger partial charge in [-0.05, 0) is 67.4 Å². The van der Waals surface area contributed by atoms with Gasteiger partial charge in [-0.15, -0.1) is 0 Å². The van der Waals surface area contributed by atoms with E-state index in [9.17, 15) is 19.8 Å². The summed E-state index contributed by atoms with van der Waals surface area (Å²) in [5.41, 5.74) is 2.32. The molecule has 1 aliphatic heterocycles. The Kier molecular flexibility index (Phi) is 10.6. The average Bonchev–Trinajstić information content (AvgIpc) is 2.80. The Morgan fingerprint density at radius 2 is 1.52 bits per heavy atom. The summed E-state index contributed by atoms with van der Waals surface area (Å²) < 4.78 is 0. The summed E-state index contributed by atoms with van der Waals surface area (Å²) in [6, 6.07) is 17.7. The van der Waals surface area contributed by atoms with E-state index in [2.05, 4.69) is 42.2 Å². The molecular formula is C26H33NO6. The van der Waals surface area contributed by atoms with Crippen LogP contribution in [-0.4, -0.2) is 56.9 Å². The number of hydrogen-bond acceptors (Lipinski definition) is 5. The highest BCUT2D eigenvalue weighted by molar-refractivity contribution is 5.89. The van der Waals surface area contributed by atoms with Gasteiger partial charge in [0.05, 0.1) is 6.10 Å². The normalized spacial score (nSPS) is 16.5. The first-order valence-electron chi connectivity index (χ1n) is 11.1. The van der Waals surface area contributed by atoms with E-state index < -0.39 is 18.0 Å². The molecule has 33 heavy (non-hydrogen) atoms. The van der Waals surface area contributed by atoms with Crippen molar-refractivity contribution in [1.82, 2.24) is 4.90 Å². The van der Waals surface area contributed by atoms with Gasteiger partial charge in [0.2, 0.25) is 0 Å². The monoisotopic (exact) mass is 455 g/mol. The van der Waals surface area contributed by atoms with E-state index in [0.717, 1.165) is 31.1 Å². The molecule has 0 bridgehead atoms. The van der Waals surface area contributed by atoms with Crippen molar-refractivity contribution in [2.45, 2.75) is 32.3 Å². The summed E-state index contributed by atoms with van der Waals surface area (Å²) in [7, 11) is 0. The quantitative estimate of drug-likeness (QED) is 0.448. The van der Waals surface area contributed by atoms with Gasteiger partial charge in [0.1, 0.15) is 5.75 Å². The minimum absolute atomic E-state index is 0.176. The van der Waals surface area contributed by atoms with Crippen LogP contribution < -0.4 is 0 Å². The predicted octanol–water partition coefficient (Wildman–Crippen LogP) is 3.73. The van der Waals surface area contributed by atoms with Crippen LogP contribution in [0.4, 0.5) is 0 Å². The molecule has 0 aromatic heterocycles. The zero-order valence-corrected chi connectivity index (χ0v) is 18.9.